The topological polar surface area (TPSA) is 21.3 Å². The van der Waals surface area contributed by atoms with Gasteiger partial charge in [0.25, 0.3) is 0 Å². The number of hydrogen-bond acceptors (Lipinski definition) is 3. The summed E-state index contributed by atoms with van der Waals surface area (Å²) in [6.45, 7) is 5.12. The first-order valence-electron chi connectivity index (χ1n) is 9.50. The average Bonchev–Trinajstić information content (AvgIpc) is 3.16. The highest BCUT2D eigenvalue weighted by Gasteiger charge is 2.38. The molecule has 0 fully saturated rings. The Hall–Kier alpha value is -1.87. The number of thioether (sulfide) groups is 1. The predicted octanol–water partition coefficient (Wildman–Crippen LogP) is 6.27. The first kappa shape index (κ1) is 17.5. The van der Waals surface area contributed by atoms with E-state index in [0.29, 0.717) is 23.8 Å². The number of benzene rings is 2. The molecule has 3 atom stereocenters. The zero-order valence-corrected chi connectivity index (χ0v) is 16.6. The number of hydrogen-bond donors (Lipinski definition) is 1. The fraction of sp³-hybridized carbons (Fsp3) is 0.391. The number of allylic oxidation sites excluding steroid dienone is 2. The molecule has 0 radical (unpaired) electrons. The standard InChI is InChI=1S/C23H27NOS/c1-15(2)14-25-21-9-5-8-20-18-6-4-7-19(18)22(24-23(20)21)16-10-12-17(26-3)13-11-16/h4-6,8-13,15,18-19,22,24H,7,14H2,1-3H3. The molecule has 136 valence electrons. The molecule has 3 unspecified atom stereocenters. The second-order valence-corrected chi connectivity index (χ2v) is 8.55. The summed E-state index contributed by atoms with van der Waals surface area (Å²) in [7, 11) is 0. The van der Waals surface area contributed by atoms with Crippen molar-refractivity contribution in [1.29, 1.82) is 0 Å². The normalized spacial score (nSPS) is 23.5. The molecule has 3 heteroatoms. The molecule has 2 nitrogen and oxygen atoms in total. The lowest BCUT2D eigenvalue weighted by Gasteiger charge is -2.38. The molecule has 1 heterocycles. The predicted molar refractivity (Wildman–Crippen MR) is 111 cm³/mol. The van der Waals surface area contributed by atoms with Crippen LogP contribution in [-0.4, -0.2) is 12.9 Å². The smallest absolute Gasteiger partial charge is 0.142 e. The van der Waals surface area contributed by atoms with E-state index in [1.807, 2.05) is 0 Å². The molecule has 2 aliphatic rings. The van der Waals surface area contributed by atoms with Gasteiger partial charge in [0.05, 0.1) is 18.3 Å². The number of nitrogens with one attached hydrogen (secondary N) is 1. The van der Waals surface area contributed by atoms with E-state index in [4.69, 9.17) is 4.74 Å². The minimum absolute atomic E-state index is 0.321. The van der Waals surface area contributed by atoms with Crippen molar-refractivity contribution in [2.75, 3.05) is 18.2 Å². The van der Waals surface area contributed by atoms with Crippen LogP contribution in [0.15, 0.2) is 59.5 Å². The van der Waals surface area contributed by atoms with E-state index in [9.17, 15) is 0 Å². The lowest BCUT2D eigenvalue weighted by molar-refractivity contribution is 0.270. The molecule has 1 N–H and O–H groups in total. The van der Waals surface area contributed by atoms with Gasteiger partial charge >= 0.3 is 0 Å². The van der Waals surface area contributed by atoms with Crippen LogP contribution in [0.5, 0.6) is 5.75 Å². The Labute approximate surface area is 161 Å². The molecule has 1 aliphatic carbocycles. The van der Waals surface area contributed by atoms with E-state index in [2.05, 4.69) is 80.0 Å². The summed E-state index contributed by atoms with van der Waals surface area (Å²) in [6.07, 6.45) is 7.99. The van der Waals surface area contributed by atoms with Gasteiger partial charge in [0.2, 0.25) is 0 Å². The molecule has 2 aromatic rings. The Kier molecular flexibility index (Phi) is 4.99. The number of ether oxygens (including phenoxy) is 1. The quantitative estimate of drug-likeness (QED) is 0.498. The number of anilines is 1. The minimum atomic E-state index is 0.321. The third-order valence-corrected chi connectivity index (χ3v) is 6.15. The Bertz CT molecular complexity index is 796. The van der Waals surface area contributed by atoms with Crippen molar-refractivity contribution in [3.05, 3.63) is 65.7 Å². The summed E-state index contributed by atoms with van der Waals surface area (Å²) < 4.78 is 6.15. The first-order chi connectivity index (χ1) is 12.7. The Morgan fingerprint density at radius 2 is 1.96 bits per heavy atom. The van der Waals surface area contributed by atoms with E-state index in [0.717, 1.165) is 18.8 Å². The van der Waals surface area contributed by atoms with Crippen LogP contribution in [0.3, 0.4) is 0 Å². The third-order valence-electron chi connectivity index (χ3n) is 5.41. The van der Waals surface area contributed by atoms with Crippen molar-refractivity contribution in [1.82, 2.24) is 0 Å². The van der Waals surface area contributed by atoms with Crippen LogP contribution in [0, 0.1) is 11.8 Å². The van der Waals surface area contributed by atoms with Crippen molar-refractivity contribution < 1.29 is 4.74 Å². The maximum absolute atomic E-state index is 6.15. The van der Waals surface area contributed by atoms with Crippen molar-refractivity contribution in [2.24, 2.45) is 11.8 Å². The van der Waals surface area contributed by atoms with Gasteiger partial charge < -0.3 is 10.1 Å². The molecule has 4 rings (SSSR count). The van der Waals surface area contributed by atoms with Crippen LogP contribution in [0.2, 0.25) is 0 Å². The molecular weight excluding hydrogens is 338 g/mol. The highest BCUT2D eigenvalue weighted by atomic mass is 32.2. The Balaban J connectivity index is 1.70. The summed E-state index contributed by atoms with van der Waals surface area (Å²) in [5.41, 5.74) is 3.92. The van der Waals surface area contributed by atoms with Gasteiger partial charge in [-0.15, -0.1) is 11.8 Å². The molecular formula is C23H27NOS. The zero-order chi connectivity index (χ0) is 18.1. The highest BCUT2D eigenvalue weighted by Crippen LogP contribution is 2.52. The van der Waals surface area contributed by atoms with Crippen molar-refractivity contribution in [3.63, 3.8) is 0 Å². The van der Waals surface area contributed by atoms with E-state index >= 15 is 0 Å². The first-order valence-corrected chi connectivity index (χ1v) is 10.7. The summed E-state index contributed by atoms with van der Waals surface area (Å²) in [4.78, 5) is 1.31. The van der Waals surface area contributed by atoms with E-state index in [1.165, 1.54) is 21.7 Å². The van der Waals surface area contributed by atoms with Crippen LogP contribution < -0.4 is 10.1 Å². The third kappa shape index (κ3) is 3.25. The van der Waals surface area contributed by atoms with Crippen molar-refractivity contribution in [2.45, 2.75) is 37.1 Å². The molecule has 0 amide bonds. The fourth-order valence-electron chi connectivity index (χ4n) is 4.11. The van der Waals surface area contributed by atoms with E-state index in [-0.39, 0.29) is 0 Å². The monoisotopic (exact) mass is 365 g/mol. The lowest BCUT2D eigenvalue weighted by Crippen LogP contribution is -2.29. The largest absolute Gasteiger partial charge is 0.491 e. The van der Waals surface area contributed by atoms with Crippen LogP contribution in [-0.2, 0) is 0 Å². The van der Waals surface area contributed by atoms with Gasteiger partial charge in [0.15, 0.2) is 0 Å². The Morgan fingerprint density at radius 1 is 1.15 bits per heavy atom. The second-order valence-electron chi connectivity index (χ2n) is 7.67. The molecule has 26 heavy (non-hydrogen) atoms. The number of fused-ring (bicyclic) bond motifs is 3. The molecule has 0 saturated carbocycles. The van der Waals surface area contributed by atoms with Gasteiger partial charge in [0.1, 0.15) is 5.75 Å². The van der Waals surface area contributed by atoms with Crippen molar-refractivity contribution >= 4 is 17.4 Å². The maximum atomic E-state index is 6.15. The van der Waals surface area contributed by atoms with Gasteiger partial charge in [-0.3, -0.25) is 0 Å². The van der Waals surface area contributed by atoms with Crippen LogP contribution in [0.4, 0.5) is 5.69 Å². The summed E-state index contributed by atoms with van der Waals surface area (Å²) in [5, 5.41) is 3.84. The Morgan fingerprint density at radius 3 is 2.69 bits per heavy atom. The second kappa shape index (κ2) is 7.40. The van der Waals surface area contributed by atoms with Gasteiger partial charge in [-0.05, 0) is 53.8 Å². The van der Waals surface area contributed by atoms with Crippen LogP contribution >= 0.6 is 11.8 Å². The van der Waals surface area contributed by atoms with Gasteiger partial charge in [-0.25, -0.2) is 0 Å². The zero-order valence-electron chi connectivity index (χ0n) is 15.7. The molecule has 0 saturated heterocycles. The van der Waals surface area contributed by atoms with Gasteiger partial charge in [-0.1, -0.05) is 50.3 Å². The average molecular weight is 366 g/mol. The molecule has 1 aliphatic heterocycles. The number of rotatable bonds is 5. The van der Waals surface area contributed by atoms with Crippen LogP contribution in [0.25, 0.3) is 0 Å². The van der Waals surface area contributed by atoms with Crippen LogP contribution in [0.1, 0.15) is 43.4 Å². The van der Waals surface area contributed by atoms with E-state index < -0.39 is 0 Å². The summed E-state index contributed by atoms with van der Waals surface area (Å²) in [6, 6.07) is 15.8. The van der Waals surface area contributed by atoms with Gasteiger partial charge in [-0.2, -0.15) is 0 Å². The summed E-state index contributed by atoms with van der Waals surface area (Å²) in [5.74, 6) is 2.55. The lowest BCUT2D eigenvalue weighted by atomic mass is 9.77. The number of para-hydroxylation sites is 1. The van der Waals surface area contributed by atoms with E-state index in [1.54, 1.807) is 11.8 Å². The fourth-order valence-corrected chi connectivity index (χ4v) is 4.52. The SMILES string of the molecule is CSc1ccc(C2Nc3c(OCC(C)C)cccc3C3C=CCC32)cc1. The highest BCUT2D eigenvalue weighted by molar-refractivity contribution is 7.98. The molecule has 2 aromatic carbocycles. The van der Waals surface area contributed by atoms with Gasteiger partial charge in [0, 0.05) is 10.8 Å². The maximum Gasteiger partial charge on any atom is 0.142 e. The van der Waals surface area contributed by atoms with Crippen molar-refractivity contribution in [3.8, 4) is 5.75 Å². The minimum Gasteiger partial charge on any atom is -0.491 e. The molecule has 0 bridgehead atoms. The summed E-state index contributed by atoms with van der Waals surface area (Å²) >= 11 is 1.79. The molecule has 0 aromatic heterocycles. The molecule has 0 spiro atoms.